The van der Waals surface area contributed by atoms with Crippen LogP contribution in [0.2, 0.25) is 0 Å². The maximum Gasteiger partial charge on any atom is 0.324 e. The molecule has 4 aliphatic rings. The van der Waals surface area contributed by atoms with Gasteiger partial charge in [0.1, 0.15) is 23.9 Å². The highest BCUT2D eigenvalue weighted by Gasteiger charge is 2.52. The van der Waals surface area contributed by atoms with Crippen molar-refractivity contribution in [3.05, 3.63) is 83.7 Å². The summed E-state index contributed by atoms with van der Waals surface area (Å²) in [6, 6.07) is 12.7. The molecular weight excluding hydrogens is 913 g/mol. The molecule has 0 saturated carbocycles. The predicted molar refractivity (Wildman–Crippen MR) is 276 cm³/mol. The van der Waals surface area contributed by atoms with E-state index < -0.39 is 46.7 Å². The molecule has 4 atom stereocenters. The van der Waals surface area contributed by atoms with E-state index in [0.29, 0.717) is 76.8 Å². The van der Waals surface area contributed by atoms with Crippen LogP contribution in [0.15, 0.2) is 66.9 Å². The van der Waals surface area contributed by atoms with Gasteiger partial charge >= 0.3 is 5.97 Å². The van der Waals surface area contributed by atoms with Gasteiger partial charge < -0.3 is 39.2 Å². The third-order valence-electron chi connectivity index (χ3n) is 15.2. The molecule has 4 amide bonds. The maximum absolute atomic E-state index is 14.9. The number of amides is 4. The summed E-state index contributed by atoms with van der Waals surface area (Å²) in [4.78, 5) is 81.5. The van der Waals surface area contributed by atoms with Crippen molar-refractivity contribution in [2.24, 2.45) is 16.7 Å². The fraction of sp³-hybridized carbons (Fsp3) is 0.536. The zero-order chi connectivity index (χ0) is 51.6. The lowest BCUT2D eigenvalue weighted by molar-refractivity contribution is -0.155. The van der Waals surface area contributed by atoms with Crippen molar-refractivity contribution < 1.29 is 38.6 Å². The third kappa shape index (κ3) is 10.8. The van der Waals surface area contributed by atoms with E-state index in [2.05, 4.69) is 54.3 Å². The third-order valence-corrected chi connectivity index (χ3v) is 15.2. The molecule has 0 aliphatic carbocycles. The van der Waals surface area contributed by atoms with E-state index in [9.17, 15) is 29.1 Å². The predicted octanol–water partition coefficient (Wildman–Crippen LogP) is 6.44. The Kier molecular flexibility index (Phi) is 15.6. The number of hydrogen-bond acceptors (Lipinski definition) is 11. The lowest BCUT2D eigenvalue weighted by atomic mass is 9.77. The summed E-state index contributed by atoms with van der Waals surface area (Å²) < 4.78 is 14.3. The second kappa shape index (κ2) is 21.5. The molecule has 386 valence electrons. The SMILES string of the molecule is CCn1c(-c2cccnc2[C@H](C)OC)c2c3cc(ccc31)-c1cc(O)cc(c1)C[C@H](NC(=O)C(C(C)C)N1CCC3(CCN(C(=O)/C=C/CN(C)C)CC3)C1=O)C(=O)N1CCC[C@H](N1)C(=O)OCC(C)(C)C2. The standard InChI is InChI=1S/C56H74N8O8/c1-10-62-46-18-17-38-32-42(46)43(50(62)41-14-11-22-57-48(41)36(4)71-9)33-55(5,6)34-72-53(69)44-15-12-24-64(59-44)52(68)45(30-37-28-39(38)31-40(65)29-37)58-51(67)49(35(2)3)63-27-21-56(54(63)70)19-25-61(26-20-56)47(66)16-13-23-60(7)8/h11,13-14,16-18,22,28-29,31-32,35-36,44-45,49,59,65H,10,12,15,19-21,23-27,30,33-34H2,1-9H3,(H,58,67)/b16-13+/t36-,44-,45-,49?/m0/s1. The number of hydrogen-bond donors (Lipinski definition) is 3. The van der Waals surface area contributed by atoms with Crippen LogP contribution >= 0.6 is 0 Å². The second-order valence-electron chi connectivity index (χ2n) is 21.7. The van der Waals surface area contributed by atoms with Gasteiger partial charge in [-0.25, -0.2) is 5.43 Å². The van der Waals surface area contributed by atoms with Crippen LogP contribution in [0.3, 0.4) is 0 Å². The quantitative estimate of drug-likeness (QED) is 0.111. The Morgan fingerprint density at radius 3 is 2.47 bits per heavy atom. The van der Waals surface area contributed by atoms with Gasteiger partial charge in [-0.15, -0.1) is 0 Å². The number of piperidine rings is 1. The van der Waals surface area contributed by atoms with Crippen LogP contribution < -0.4 is 10.7 Å². The number of nitrogens with zero attached hydrogens (tertiary/aromatic N) is 6. The van der Waals surface area contributed by atoms with Crippen molar-refractivity contribution in [3.63, 3.8) is 0 Å². The number of phenols is 1. The summed E-state index contributed by atoms with van der Waals surface area (Å²) in [5.74, 6) is -1.86. The van der Waals surface area contributed by atoms with Crippen molar-refractivity contribution >= 4 is 40.5 Å². The Morgan fingerprint density at radius 1 is 1.01 bits per heavy atom. The summed E-state index contributed by atoms with van der Waals surface area (Å²) in [7, 11) is 5.55. The minimum atomic E-state index is -1.15. The Bertz CT molecular complexity index is 2720. The molecule has 16 nitrogen and oxygen atoms in total. The number of likely N-dealkylation sites (N-methyl/N-ethyl adjacent to an activating group) is 1. The maximum atomic E-state index is 14.9. The average molecular weight is 987 g/mol. The molecule has 4 aliphatic heterocycles. The molecule has 1 unspecified atom stereocenters. The number of nitrogens with one attached hydrogen (secondary N) is 2. The molecule has 2 aromatic heterocycles. The Balaban J connectivity index is 1.14. The van der Waals surface area contributed by atoms with Crippen molar-refractivity contribution in [1.29, 1.82) is 0 Å². The van der Waals surface area contributed by atoms with Gasteiger partial charge in [-0.2, -0.15) is 0 Å². The Labute approximate surface area is 424 Å². The summed E-state index contributed by atoms with van der Waals surface area (Å²) in [5, 5.41) is 16.9. The van der Waals surface area contributed by atoms with Gasteiger partial charge in [0, 0.05) is 87.0 Å². The van der Waals surface area contributed by atoms with E-state index in [1.54, 1.807) is 41.3 Å². The molecule has 16 heteroatoms. The zero-order valence-electron chi connectivity index (χ0n) is 43.6. The van der Waals surface area contributed by atoms with Crippen LogP contribution in [0, 0.1) is 16.7 Å². The van der Waals surface area contributed by atoms with Crippen LogP contribution in [-0.4, -0.2) is 143 Å². The number of hydrazine groups is 1. The molecule has 1 spiro atoms. The number of aryl methyl sites for hydroxylation is 1. The summed E-state index contributed by atoms with van der Waals surface area (Å²) >= 11 is 0. The first kappa shape index (κ1) is 52.2. The number of fused-ring (bicyclic) bond motifs is 6. The molecule has 8 rings (SSSR count). The largest absolute Gasteiger partial charge is 0.508 e. The van der Waals surface area contributed by atoms with Gasteiger partial charge in [0.15, 0.2) is 0 Å². The van der Waals surface area contributed by atoms with Crippen molar-refractivity contribution in [2.75, 3.05) is 60.5 Å². The minimum absolute atomic E-state index is 0.000476. The number of phenolic OH excluding ortho intramolecular Hbond substituents is 1. The van der Waals surface area contributed by atoms with Gasteiger partial charge in [0.25, 0.3) is 5.91 Å². The second-order valence-corrected chi connectivity index (χ2v) is 21.7. The van der Waals surface area contributed by atoms with Crippen LogP contribution in [0.25, 0.3) is 33.3 Å². The van der Waals surface area contributed by atoms with E-state index in [1.165, 1.54) is 5.01 Å². The highest BCUT2D eigenvalue weighted by Crippen LogP contribution is 2.44. The summed E-state index contributed by atoms with van der Waals surface area (Å²) in [6.45, 7) is 15.0. The van der Waals surface area contributed by atoms with Gasteiger partial charge in [-0.3, -0.25) is 34.0 Å². The van der Waals surface area contributed by atoms with E-state index in [4.69, 9.17) is 14.5 Å². The van der Waals surface area contributed by atoms with Crippen LogP contribution in [0.5, 0.6) is 5.75 Å². The molecule has 3 fully saturated rings. The monoisotopic (exact) mass is 987 g/mol. The van der Waals surface area contributed by atoms with E-state index in [-0.39, 0.29) is 49.2 Å². The number of carbonyl (C=O) groups is 5. The number of likely N-dealkylation sites (tertiary alicyclic amines) is 2. The van der Waals surface area contributed by atoms with Crippen LogP contribution in [0.4, 0.5) is 0 Å². The molecule has 3 N–H and O–H groups in total. The van der Waals surface area contributed by atoms with Crippen molar-refractivity contribution in [2.45, 2.75) is 117 Å². The number of benzene rings is 2. The first-order chi connectivity index (χ1) is 34.3. The smallest absolute Gasteiger partial charge is 0.324 e. The molecular formula is C56H74N8O8. The molecule has 6 heterocycles. The van der Waals surface area contributed by atoms with Gasteiger partial charge in [0.2, 0.25) is 17.7 Å². The highest BCUT2D eigenvalue weighted by molar-refractivity contribution is 5.97. The van der Waals surface area contributed by atoms with Crippen molar-refractivity contribution in [3.8, 4) is 28.1 Å². The molecule has 4 aromatic rings. The van der Waals surface area contributed by atoms with E-state index in [0.717, 1.165) is 44.5 Å². The number of esters is 1. The Morgan fingerprint density at radius 2 is 1.76 bits per heavy atom. The molecule has 2 aromatic carbocycles. The molecule has 0 radical (unpaired) electrons. The molecule has 6 bridgehead atoms. The number of methoxy groups -OCH3 is 1. The molecule has 3 saturated heterocycles. The number of aromatic hydroxyl groups is 1. The van der Waals surface area contributed by atoms with Gasteiger partial charge in [-0.05, 0) is 131 Å². The van der Waals surface area contributed by atoms with Gasteiger partial charge in [0.05, 0.1) is 29.5 Å². The Hall–Kier alpha value is -6.10. The normalized spacial score (nSPS) is 21.4. The lowest BCUT2D eigenvalue weighted by Gasteiger charge is -2.39. The first-order valence-electron chi connectivity index (χ1n) is 25.8. The molecule has 72 heavy (non-hydrogen) atoms. The van der Waals surface area contributed by atoms with E-state index in [1.807, 2.05) is 64.0 Å². The number of aromatic nitrogens is 2. The number of ether oxygens (including phenoxy) is 2. The van der Waals surface area contributed by atoms with Crippen molar-refractivity contribution in [1.82, 2.24) is 40.0 Å². The fourth-order valence-electron chi connectivity index (χ4n) is 11.3. The number of rotatable bonds is 11. The minimum Gasteiger partial charge on any atom is -0.508 e. The highest BCUT2D eigenvalue weighted by atomic mass is 16.5. The lowest BCUT2D eigenvalue weighted by Crippen LogP contribution is -2.62. The summed E-state index contributed by atoms with van der Waals surface area (Å²) in [6.07, 6.45) is 8.02. The summed E-state index contributed by atoms with van der Waals surface area (Å²) in [5.41, 5.74) is 8.95. The van der Waals surface area contributed by atoms with Gasteiger partial charge in [-0.1, -0.05) is 45.9 Å². The van der Waals surface area contributed by atoms with E-state index >= 15 is 0 Å². The fourth-order valence-corrected chi connectivity index (χ4v) is 11.3. The number of pyridine rings is 1. The average Bonchev–Trinajstić information content (AvgIpc) is 3.83. The number of cyclic esters (lactones) is 1. The number of carbonyl (C=O) groups excluding carboxylic acids is 5. The van der Waals surface area contributed by atoms with Crippen LogP contribution in [0.1, 0.15) is 96.6 Å². The van der Waals surface area contributed by atoms with Crippen LogP contribution in [-0.2, 0) is 52.8 Å². The topological polar surface area (TPSA) is 179 Å². The zero-order valence-corrected chi connectivity index (χ0v) is 43.6. The first-order valence-corrected chi connectivity index (χ1v) is 25.8.